The molecular formula is C17H15BrClN3O6. The molecule has 0 bridgehead atoms. The lowest BCUT2D eigenvalue weighted by atomic mass is 10.1. The van der Waals surface area contributed by atoms with Gasteiger partial charge in [-0.3, -0.25) is 14.9 Å². The Balaban J connectivity index is 2.04. The smallest absolute Gasteiger partial charge is 0.311 e. The van der Waals surface area contributed by atoms with E-state index in [1.54, 1.807) is 18.2 Å². The average Bonchev–Trinajstić information content (AvgIpc) is 2.66. The summed E-state index contributed by atoms with van der Waals surface area (Å²) in [7, 11) is 2.71. The minimum atomic E-state index is -0.591. The van der Waals surface area contributed by atoms with Crippen LogP contribution in [0.1, 0.15) is 5.56 Å². The van der Waals surface area contributed by atoms with Crippen LogP contribution in [0.5, 0.6) is 17.2 Å². The number of hydrogen-bond donors (Lipinski definition) is 1. The SMILES string of the molecule is COc1cc(OC)c([N+](=O)[O-])cc1/C=N/NC(=O)COc1ccc(Cl)cc1Br. The van der Waals surface area contributed by atoms with Crippen molar-refractivity contribution in [3.8, 4) is 17.2 Å². The molecule has 0 radical (unpaired) electrons. The van der Waals surface area contributed by atoms with Crippen LogP contribution < -0.4 is 19.6 Å². The first-order valence-electron chi connectivity index (χ1n) is 7.66. The van der Waals surface area contributed by atoms with Crippen molar-refractivity contribution in [2.75, 3.05) is 20.8 Å². The van der Waals surface area contributed by atoms with Gasteiger partial charge in [0.2, 0.25) is 5.75 Å². The molecular weight excluding hydrogens is 458 g/mol. The van der Waals surface area contributed by atoms with Crippen LogP contribution in [0.15, 0.2) is 39.9 Å². The predicted molar refractivity (Wildman–Crippen MR) is 107 cm³/mol. The van der Waals surface area contributed by atoms with E-state index in [0.717, 1.165) is 0 Å². The van der Waals surface area contributed by atoms with E-state index >= 15 is 0 Å². The van der Waals surface area contributed by atoms with Crippen molar-refractivity contribution in [3.63, 3.8) is 0 Å². The second-order valence-corrected chi connectivity index (χ2v) is 6.47. The summed E-state index contributed by atoms with van der Waals surface area (Å²) < 4.78 is 16.1. The minimum absolute atomic E-state index is 0.0463. The molecule has 28 heavy (non-hydrogen) atoms. The average molecular weight is 473 g/mol. The van der Waals surface area contributed by atoms with E-state index < -0.39 is 10.8 Å². The van der Waals surface area contributed by atoms with Gasteiger partial charge >= 0.3 is 5.69 Å². The molecule has 1 amide bonds. The Hall–Kier alpha value is -2.85. The Morgan fingerprint density at radius 3 is 2.57 bits per heavy atom. The van der Waals surface area contributed by atoms with E-state index in [1.165, 1.54) is 32.6 Å². The number of ether oxygens (including phenoxy) is 3. The number of nitro benzene ring substituents is 1. The number of benzene rings is 2. The second-order valence-electron chi connectivity index (χ2n) is 5.18. The molecule has 0 aliphatic heterocycles. The number of methoxy groups -OCH3 is 2. The largest absolute Gasteiger partial charge is 0.496 e. The van der Waals surface area contributed by atoms with Crippen molar-refractivity contribution < 1.29 is 23.9 Å². The molecule has 0 saturated carbocycles. The first-order chi connectivity index (χ1) is 13.3. The third-order valence-corrected chi connectivity index (χ3v) is 4.23. The zero-order valence-corrected chi connectivity index (χ0v) is 17.1. The molecule has 1 N–H and O–H groups in total. The van der Waals surface area contributed by atoms with Gasteiger partial charge in [-0.05, 0) is 34.1 Å². The topological polar surface area (TPSA) is 112 Å². The van der Waals surface area contributed by atoms with Gasteiger partial charge in [-0.15, -0.1) is 0 Å². The van der Waals surface area contributed by atoms with Crippen molar-refractivity contribution in [2.45, 2.75) is 0 Å². The van der Waals surface area contributed by atoms with E-state index in [-0.39, 0.29) is 23.6 Å². The van der Waals surface area contributed by atoms with Gasteiger partial charge in [-0.25, -0.2) is 5.43 Å². The van der Waals surface area contributed by atoms with Crippen molar-refractivity contribution in [1.29, 1.82) is 0 Å². The molecule has 2 rings (SSSR count). The molecule has 2 aromatic carbocycles. The van der Waals surface area contributed by atoms with Gasteiger partial charge in [0.1, 0.15) is 11.5 Å². The maximum atomic E-state index is 11.9. The number of carbonyl (C=O) groups excluding carboxylic acids is 1. The van der Waals surface area contributed by atoms with Crippen LogP contribution in [0, 0.1) is 10.1 Å². The molecule has 0 unspecified atom stereocenters. The maximum Gasteiger partial charge on any atom is 0.311 e. The summed E-state index contributed by atoms with van der Waals surface area (Å²) >= 11 is 9.11. The molecule has 0 saturated heterocycles. The summed E-state index contributed by atoms with van der Waals surface area (Å²) in [5.74, 6) is 0.253. The molecule has 2 aromatic rings. The molecule has 0 aliphatic carbocycles. The predicted octanol–water partition coefficient (Wildman–Crippen LogP) is 3.56. The third kappa shape index (κ3) is 5.57. The van der Waals surface area contributed by atoms with Crippen molar-refractivity contribution in [3.05, 3.63) is 55.5 Å². The number of hydrazone groups is 1. The number of amides is 1. The Kier molecular flexibility index (Phi) is 7.59. The van der Waals surface area contributed by atoms with Gasteiger partial charge in [0.25, 0.3) is 5.91 Å². The third-order valence-electron chi connectivity index (χ3n) is 3.37. The fourth-order valence-corrected chi connectivity index (χ4v) is 2.89. The fraction of sp³-hybridized carbons (Fsp3) is 0.176. The normalized spacial score (nSPS) is 10.6. The highest BCUT2D eigenvalue weighted by Crippen LogP contribution is 2.33. The Morgan fingerprint density at radius 2 is 1.96 bits per heavy atom. The molecule has 0 atom stereocenters. The lowest BCUT2D eigenvalue weighted by Gasteiger charge is -2.08. The summed E-state index contributed by atoms with van der Waals surface area (Å²) in [4.78, 5) is 22.4. The molecule has 0 fully saturated rings. The van der Waals surface area contributed by atoms with Gasteiger partial charge in [-0.2, -0.15) is 5.10 Å². The van der Waals surface area contributed by atoms with Crippen LogP contribution in [0.2, 0.25) is 5.02 Å². The maximum absolute atomic E-state index is 11.9. The summed E-state index contributed by atoms with van der Waals surface area (Å²) in [6.07, 6.45) is 1.22. The summed E-state index contributed by atoms with van der Waals surface area (Å²) in [6, 6.07) is 7.47. The number of rotatable bonds is 8. The standard InChI is InChI=1S/C17H15BrClN3O6/c1-26-15-7-16(27-2)13(22(24)25)5-10(15)8-20-21-17(23)9-28-14-4-3-11(19)6-12(14)18/h3-8H,9H2,1-2H3,(H,21,23)/b20-8+. The van der Waals surface area contributed by atoms with Gasteiger partial charge < -0.3 is 14.2 Å². The lowest BCUT2D eigenvalue weighted by Crippen LogP contribution is -2.24. The fourth-order valence-electron chi connectivity index (χ4n) is 2.09. The molecule has 0 spiro atoms. The van der Waals surface area contributed by atoms with Gasteiger partial charge in [0.05, 0.1) is 29.8 Å². The highest BCUT2D eigenvalue weighted by atomic mass is 79.9. The van der Waals surface area contributed by atoms with Crippen molar-refractivity contribution in [1.82, 2.24) is 5.43 Å². The Labute approximate surface area is 173 Å². The van der Waals surface area contributed by atoms with E-state index in [2.05, 4.69) is 26.5 Å². The number of hydrogen-bond acceptors (Lipinski definition) is 7. The molecule has 0 aliphatic rings. The van der Waals surface area contributed by atoms with Gasteiger partial charge in [-0.1, -0.05) is 11.6 Å². The van der Waals surface area contributed by atoms with Crippen LogP contribution in [0.3, 0.4) is 0 Å². The van der Waals surface area contributed by atoms with Crippen LogP contribution in [0.25, 0.3) is 0 Å². The molecule has 148 valence electrons. The van der Waals surface area contributed by atoms with Crippen LogP contribution in [-0.4, -0.2) is 37.9 Å². The molecule has 9 nitrogen and oxygen atoms in total. The van der Waals surface area contributed by atoms with Crippen LogP contribution in [0.4, 0.5) is 5.69 Å². The van der Waals surface area contributed by atoms with Gasteiger partial charge in [0.15, 0.2) is 6.61 Å². The quantitative estimate of drug-likeness (QED) is 0.357. The zero-order chi connectivity index (χ0) is 20.7. The number of nitrogens with zero attached hydrogens (tertiary/aromatic N) is 2. The van der Waals surface area contributed by atoms with Crippen LogP contribution in [-0.2, 0) is 4.79 Å². The molecule has 0 aromatic heterocycles. The van der Waals surface area contributed by atoms with Crippen LogP contribution >= 0.6 is 27.5 Å². The van der Waals surface area contributed by atoms with Crippen molar-refractivity contribution >= 4 is 45.3 Å². The van der Waals surface area contributed by atoms with E-state index in [0.29, 0.717) is 21.0 Å². The minimum Gasteiger partial charge on any atom is -0.496 e. The van der Waals surface area contributed by atoms with E-state index in [1.807, 2.05) is 0 Å². The van der Waals surface area contributed by atoms with E-state index in [9.17, 15) is 14.9 Å². The number of nitrogens with one attached hydrogen (secondary N) is 1. The van der Waals surface area contributed by atoms with E-state index in [4.69, 9.17) is 25.8 Å². The molecule has 0 heterocycles. The number of halogens is 2. The van der Waals surface area contributed by atoms with Gasteiger partial charge in [0, 0.05) is 22.7 Å². The first-order valence-corrected chi connectivity index (χ1v) is 8.83. The summed E-state index contributed by atoms with van der Waals surface area (Å²) in [6.45, 7) is -0.294. The Morgan fingerprint density at radius 1 is 1.25 bits per heavy atom. The second kappa shape index (κ2) is 9.90. The first kappa shape index (κ1) is 21.5. The van der Waals surface area contributed by atoms with Crippen molar-refractivity contribution in [2.24, 2.45) is 5.10 Å². The zero-order valence-electron chi connectivity index (χ0n) is 14.8. The summed E-state index contributed by atoms with van der Waals surface area (Å²) in [5, 5.41) is 15.4. The highest BCUT2D eigenvalue weighted by Gasteiger charge is 2.18. The monoisotopic (exact) mass is 471 g/mol. The number of nitro groups is 1. The molecule has 11 heteroatoms. The summed E-state index contributed by atoms with van der Waals surface area (Å²) in [5.41, 5.74) is 2.30. The number of carbonyl (C=O) groups is 1. The highest BCUT2D eigenvalue weighted by molar-refractivity contribution is 9.10. The Bertz CT molecular complexity index is 922. The lowest BCUT2D eigenvalue weighted by molar-refractivity contribution is -0.385.